The number of aliphatic hydroxyl groups is 8. The van der Waals surface area contributed by atoms with Gasteiger partial charge in [-0.05, 0) is 93.3 Å². The smallest absolute Gasteiger partial charge is 0.303 e. The van der Waals surface area contributed by atoms with Crippen LogP contribution in [0.1, 0.15) is 107 Å². The number of carbonyl (C=O) groups is 1. The summed E-state index contributed by atoms with van der Waals surface area (Å²) in [4.78, 5) is 12.8. The van der Waals surface area contributed by atoms with Gasteiger partial charge in [-0.3, -0.25) is 4.79 Å². The van der Waals surface area contributed by atoms with Crippen molar-refractivity contribution in [2.24, 2.45) is 45.3 Å². The van der Waals surface area contributed by atoms with Gasteiger partial charge >= 0.3 is 5.97 Å². The predicted molar refractivity (Wildman–Crippen MR) is 228 cm³/mol. The Hall–Kier alpha value is -1.43. The van der Waals surface area contributed by atoms with Gasteiger partial charge in [-0.15, -0.1) is 0 Å². The van der Waals surface area contributed by atoms with Gasteiger partial charge in [0, 0.05) is 31.1 Å². The third-order valence-electron chi connectivity index (χ3n) is 18.6. The highest BCUT2D eigenvalue weighted by Crippen LogP contribution is 2.80. The largest absolute Gasteiger partial charge is 0.454 e. The lowest BCUT2D eigenvalue weighted by Gasteiger charge is -2.70. The number of allylic oxidation sites excluding steroid dienone is 1. The number of esters is 1. The van der Waals surface area contributed by atoms with Crippen LogP contribution in [0.25, 0.3) is 0 Å². The van der Waals surface area contributed by atoms with Gasteiger partial charge in [0.2, 0.25) is 0 Å². The van der Waals surface area contributed by atoms with E-state index in [1.54, 1.807) is 0 Å². The Bertz CT molecular complexity index is 1830. The summed E-state index contributed by atoms with van der Waals surface area (Å²) >= 11 is 0. The molecule has 376 valence electrons. The summed E-state index contributed by atoms with van der Waals surface area (Å²) in [5.74, 6) is -0.730. The average molecular weight is 941 g/mol. The molecule has 4 saturated carbocycles. The number of carbonyl (C=O) groups excluding carboxylic acids is 1. The fraction of sp³-hybridized carbons (Fsp3) is 0.938. The first kappa shape index (κ1) is 49.5. The molecular formula is C48H76O18. The fourth-order valence-electron chi connectivity index (χ4n) is 15.8. The van der Waals surface area contributed by atoms with Gasteiger partial charge < -0.3 is 83.5 Å². The van der Waals surface area contributed by atoms with E-state index in [0.29, 0.717) is 25.4 Å². The highest BCUT2D eigenvalue weighted by molar-refractivity contribution is 5.66. The minimum Gasteiger partial charge on any atom is -0.454 e. The van der Waals surface area contributed by atoms with E-state index < -0.39 is 116 Å². The van der Waals surface area contributed by atoms with E-state index in [-0.39, 0.29) is 52.8 Å². The number of aliphatic hydroxyl groups excluding tert-OH is 7. The van der Waals surface area contributed by atoms with Crippen molar-refractivity contribution >= 4 is 5.97 Å². The van der Waals surface area contributed by atoms with E-state index in [2.05, 4.69) is 47.6 Å². The van der Waals surface area contributed by atoms with E-state index >= 15 is 0 Å². The SMILES string of the molecule is CC(=O)O[C@H]1[C@@H](O[C@H]2CC[C@]3(C)[C@H]4CC[C@@H]5[C@@H]6[C@]7(C[C@@]5(CO7)[C@]4(C)CC[C@H]3C2(C)C)O[C@@H](C=C(C)C)C[C@]6(C)O)OC[C@@H](O)[C@H]1O[C@@H]1O[C@H](CO)[C@@H](O)[C@H](O)[C@H]1O[C@@H]1OC[C@@H](O)[C@H](O)[C@@H]1O. The van der Waals surface area contributed by atoms with Crippen molar-refractivity contribution in [2.45, 2.75) is 210 Å². The zero-order valence-electron chi connectivity index (χ0n) is 39.7. The summed E-state index contributed by atoms with van der Waals surface area (Å²) in [5.41, 5.74) is -0.438. The molecule has 5 aliphatic heterocycles. The first-order valence-electron chi connectivity index (χ1n) is 24.3. The first-order chi connectivity index (χ1) is 30.9. The minimum atomic E-state index is -1.80. The summed E-state index contributed by atoms with van der Waals surface area (Å²) < 4.78 is 56.1. The van der Waals surface area contributed by atoms with Crippen LogP contribution in [0.3, 0.4) is 0 Å². The molecule has 0 unspecified atom stereocenters. The van der Waals surface area contributed by atoms with Gasteiger partial charge in [-0.1, -0.05) is 39.3 Å². The lowest BCUT2D eigenvalue weighted by Crippen LogP contribution is -2.67. The Morgan fingerprint density at radius 2 is 1.44 bits per heavy atom. The Balaban J connectivity index is 0.939. The summed E-state index contributed by atoms with van der Waals surface area (Å²) in [6, 6.07) is 0. The molecule has 66 heavy (non-hydrogen) atoms. The monoisotopic (exact) mass is 941 g/mol. The molecule has 0 amide bonds. The van der Waals surface area contributed by atoms with Crippen molar-refractivity contribution in [3.63, 3.8) is 0 Å². The Morgan fingerprint density at radius 3 is 2.14 bits per heavy atom. The average Bonchev–Trinajstić information content (AvgIpc) is 3.76. The first-order valence-corrected chi connectivity index (χ1v) is 24.3. The van der Waals surface area contributed by atoms with Crippen molar-refractivity contribution < 1.29 is 88.3 Å². The molecule has 4 aliphatic carbocycles. The summed E-state index contributed by atoms with van der Waals surface area (Å²) in [7, 11) is 0. The van der Waals surface area contributed by atoms with Crippen LogP contribution in [0.5, 0.6) is 0 Å². The van der Waals surface area contributed by atoms with Gasteiger partial charge in [-0.25, -0.2) is 0 Å². The molecule has 18 nitrogen and oxygen atoms in total. The molecule has 0 aromatic heterocycles. The second kappa shape index (κ2) is 17.4. The van der Waals surface area contributed by atoms with Crippen LogP contribution in [-0.4, -0.2) is 177 Å². The van der Waals surface area contributed by atoms with Crippen LogP contribution in [-0.2, 0) is 47.4 Å². The summed E-state index contributed by atoms with van der Waals surface area (Å²) in [5, 5.41) is 86.7. The van der Waals surface area contributed by atoms with E-state index in [9.17, 15) is 45.6 Å². The normalized spacial score (nSPS) is 55.2. The third-order valence-corrected chi connectivity index (χ3v) is 18.6. The molecule has 24 atom stereocenters. The molecule has 5 heterocycles. The number of hydrogen-bond acceptors (Lipinski definition) is 18. The maximum absolute atomic E-state index is 12.8. The van der Waals surface area contributed by atoms with E-state index in [0.717, 1.165) is 44.1 Å². The van der Waals surface area contributed by atoms with Crippen molar-refractivity contribution in [3.05, 3.63) is 11.6 Å². The Morgan fingerprint density at radius 1 is 0.742 bits per heavy atom. The molecule has 8 N–H and O–H groups in total. The molecule has 5 saturated heterocycles. The maximum Gasteiger partial charge on any atom is 0.303 e. The topological polar surface area (TPSA) is 262 Å². The lowest BCUT2D eigenvalue weighted by molar-refractivity contribution is -0.381. The number of fused-ring (bicyclic) bond motifs is 4. The molecule has 9 fully saturated rings. The second-order valence-corrected chi connectivity index (χ2v) is 23.1. The molecule has 9 rings (SSSR count). The molecule has 2 bridgehead atoms. The molecule has 9 aliphatic rings. The quantitative estimate of drug-likeness (QED) is 0.0917. The van der Waals surface area contributed by atoms with E-state index in [4.69, 9.17) is 42.6 Å². The van der Waals surface area contributed by atoms with Crippen LogP contribution in [0.2, 0.25) is 0 Å². The van der Waals surface area contributed by atoms with Gasteiger partial charge in [-0.2, -0.15) is 0 Å². The van der Waals surface area contributed by atoms with Crippen molar-refractivity contribution in [3.8, 4) is 0 Å². The van der Waals surface area contributed by atoms with Gasteiger partial charge in [0.15, 0.2) is 30.8 Å². The van der Waals surface area contributed by atoms with E-state index in [1.165, 1.54) is 6.92 Å². The van der Waals surface area contributed by atoms with Crippen molar-refractivity contribution in [1.29, 1.82) is 0 Å². The van der Waals surface area contributed by atoms with Crippen LogP contribution < -0.4 is 0 Å². The van der Waals surface area contributed by atoms with Crippen LogP contribution >= 0.6 is 0 Å². The summed E-state index contributed by atoms with van der Waals surface area (Å²) in [6.45, 7) is 15.9. The van der Waals surface area contributed by atoms with E-state index in [1.807, 2.05) is 6.92 Å². The highest BCUT2D eigenvalue weighted by atomic mass is 16.8. The molecular weight excluding hydrogens is 865 g/mol. The highest BCUT2D eigenvalue weighted by Gasteiger charge is 2.81. The molecule has 0 aromatic rings. The van der Waals surface area contributed by atoms with Crippen LogP contribution in [0.15, 0.2) is 11.6 Å². The van der Waals surface area contributed by atoms with Crippen LogP contribution in [0.4, 0.5) is 0 Å². The van der Waals surface area contributed by atoms with Gasteiger partial charge in [0.05, 0.1) is 44.2 Å². The molecule has 0 radical (unpaired) electrons. The van der Waals surface area contributed by atoms with Crippen molar-refractivity contribution in [1.82, 2.24) is 0 Å². The van der Waals surface area contributed by atoms with Crippen molar-refractivity contribution in [2.75, 3.05) is 26.4 Å². The number of rotatable bonds is 9. The minimum absolute atomic E-state index is 0.0610. The molecule has 18 heteroatoms. The zero-order valence-corrected chi connectivity index (χ0v) is 39.7. The maximum atomic E-state index is 12.8. The number of ether oxygens (including phenoxy) is 9. The molecule has 2 spiro atoms. The van der Waals surface area contributed by atoms with Gasteiger partial charge in [0.1, 0.15) is 54.9 Å². The number of hydrogen-bond donors (Lipinski definition) is 8. The predicted octanol–water partition coefficient (Wildman–Crippen LogP) is 1.18. The second-order valence-electron chi connectivity index (χ2n) is 23.1. The fourth-order valence-corrected chi connectivity index (χ4v) is 15.8. The Kier molecular flexibility index (Phi) is 13.1. The molecule has 0 aromatic carbocycles. The van der Waals surface area contributed by atoms with Gasteiger partial charge in [0.25, 0.3) is 0 Å². The van der Waals surface area contributed by atoms with Crippen LogP contribution in [0, 0.1) is 45.3 Å². The standard InChI is InChI=1S/C48H76O18/c1-22(2)15-24-16-46(8,57)39-25-9-10-30-44(6)13-12-31(43(4,5)29(44)11-14-45(30,7)47(25)20-48(39,66-24)60-21-47)63-41-38(61-23(3)50)36(27(52)19-59-41)64-42-37(34(55)33(54)28(17-49)62-42)65-40-35(56)32(53)26(51)18-58-40/h15,24-42,49,51-57H,9-14,16-21H2,1-8H3/t24-,25+,26+,27+,28+,29-,30+,31-,32-,33+,34-,35-,36+,37+,38+,39-,40-,41+,42-,44-,45+,46-,47-,48-/m0/s1. The zero-order chi connectivity index (χ0) is 47.7. The lowest BCUT2D eigenvalue weighted by atomic mass is 9.35. The summed E-state index contributed by atoms with van der Waals surface area (Å²) in [6.07, 6.45) is -11.7. The third kappa shape index (κ3) is 7.69. The Labute approximate surface area is 387 Å².